The van der Waals surface area contributed by atoms with E-state index in [1.165, 1.54) is 0 Å². The number of amidine groups is 1. The van der Waals surface area contributed by atoms with Crippen molar-refractivity contribution in [2.45, 2.75) is 19.0 Å². The van der Waals surface area contributed by atoms with Gasteiger partial charge < -0.3 is 28.9 Å². The van der Waals surface area contributed by atoms with Gasteiger partial charge in [-0.3, -0.25) is 24.4 Å². The van der Waals surface area contributed by atoms with E-state index in [9.17, 15) is 9.59 Å². The molecule has 4 amide bonds. The van der Waals surface area contributed by atoms with Crippen LogP contribution in [0.1, 0.15) is 46.1 Å². The Bertz CT molecular complexity index is 1810. The molecule has 0 aliphatic carbocycles. The van der Waals surface area contributed by atoms with Gasteiger partial charge in [-0.25, -0.2) is 4.79 Å². The van der Waals surface area contributed by atoms with Gasteiger partial charge in [0.05, 0.1) is 51.2 Å². The first-order valence-corrected chi connectivity index (χ1v) is 18.9. The van der Waals surface area contributed by atoms with Crippen molar-refractivity contribution in [1.82, 2.24) is 24.5 Å². The number of urea groups is 1. The molecule has 7 rings (SSSR count). The van der Waals surface area contributed by atoms with Crippen LogP contribution >= 0.6 is 23.2 Å². The molecule has 53 heavy (non-hydrogen) atoms. The van der Waals surface area contributed by atoms with E-state index in [1.54, 1.807) is 28.0 Å². The highest BCUT2D eigenvalue weighted by Crippen LogP contribution is 2.45. The fraction of sp³-hybridized carbons (Fsp3) is 0.436. The average Bonchev–Trinajstić information content (AvgIpc) is 3.59. The zero-order valence-corrected chi connectivity index (χ0v) is 31.3. The molecular formula is C39H44Cl2N6O6. The van der Waals surface area contributed by atoms with Gasteiger partial charge >= 0.3 is 6.03 Å². The maximum absolute atomic E-state index is 15.1. The highest BCUT2D eigenvalue weighted by atomic mass is 35.5. The molecule has 0 bridgehead atoms. The minimum absolute atomic E-state index is 0.0746. The minimum atomic E-state index is -0.565. The number of morpholine rings is 2. The molecule has 2 atom stereocenters. The molecule has 4 aliphatic heterocycles. The van der Waals surface area contributed by atoms with Crippen molar-refractivity contribution >= 4 is 46.9 Å². The number of aliphatic imine (C=N–C) groups is 1. The SMILES string of the molecule is CCOc1ccc(C(=O)N2CCOCC2)cc1C1=N[C@@H](c2ccc(Cl)cc2)[C@@H](c2ccc(Cl)cc2)N1C(=O)N1CCN(CC(=O)N2CCOCC2)CC1. The Morgan fingerprint density at radius 2 is 1.32 bits per heavy atom. The largest absolute Gasteiger partial charge is 0.493 e. The molecule has 3 aromatic carbocycles. The van der Waals surface area contributed by atoms with E-state index in [0.29, 0.717) is 125 Å². The third-order valence-electron chi connectivity index (χ3n) is 10.1. The predicted octanol–water partition coefficient (Wildman–Crippen LogP) is 5.01. The van der Waals surface area contributed by atoms with Gasteiger partial charge in [0.25, 0.3) is 5.91 Å². The highest BCUT2D eigenvalue weighted by Gasteiger charge is 2.45. The number of nitrogens with zero attached hydrogens (tertiary/aromatic N) is 6. The summed E-state index contributed by atoms with van der Waals surface area (Å²) in [5.41, 5.74) is 2.73. The normalized spacial score (nSPS) is 21.1. The van der Waals surface area contributed by atoms with E-state index in [-0.39, 0.29) is 17.8 Å². The van der Waals surface area contributed by atoms with Crippen LogP contribution in [0.5, 0.6) is 5.75 Å². The number of benzene rings is 3. The number of carbonyl (C=O) groups is 3. The zero-order valence-electron chi connectivity index (χ0n) is 29.8. The maximum Gasteiger partial charge on any atom is 0.326 e. The Balaban J connectivity index is 1.26. The van der Waals surface area contributed by atoms with Gasteiger partial charge in [0.1, 0.15) is 17.6 Å². The molecule has 3 saturated heterocycles. The molecule has 14 heteroatoms. The maximum atomic E-state index is 15.1. The van der Waals surface area contributed by atoms with Crippen molar-refractivity contribution in [3.8, 4) is 5.75 Å². The average molecular weight is 764 g/mol. The standard InChI is InChI=1S/C39H44Cl2N6O6/c1-2-53-33-12-7-29(38(49)45-19-23-52-24-20-45)25-32(33)37-42-35(27-3-8-30(40)9-4-27)36(28-5-10-31(41)11-6-28)47(37)39(50)46-15-13-43(14-16-46)26-34(48)44-17-21-51-22-18-44/h3-12,25,35-36H,2,13-24,26H2,1H3/t35-,36+/m0/s1. The number of amides is 4. The summed E-state index contributed by atoms with van der Waals surface area (Å²) in [6.07, 6.45) is 0. The Morgan fingerprint density at radius 1 is 0.736 bits per heavy atom. The zero-order chi connectivity index (χ0) is 36.9. The summed E-state index contributed by atoms with van der Waals surface area (Å²) in [5, 5.41) is 1.16. The Morgan fingerprint density at radius 3 is 1.92 bits per heavy atom. The highest BCUT2D eigenvalue weighted by molar-refractivity contribution is 6.30. The van der Waals surface area contributed by atoms with Gasteiger partial charge in [-0.15, -0.1) is 0 Å². The number of rotatable bonds is 8. The van der Waals surface area contributed by atoms with E-state index in [1.807, 2.05) is 65.3 Å². The molecule has 0 spiro atoms. The summed E-state index contributed by atoms with van der Waals surface area (Å²) in [7, 11) is 0. The van der Waals surface area contributed by atoms with Gasteiger partial charge in [0.2, 0.25) is 5.91 Å². The second-order valence-electron chi connectivity index (χ2n) is 13.4. The number of hydrogen-bond donors (Lipinski definition) is 0. The summed E-state index contributed by atoms with van der Waals surface area (Å²) in [4.78, 5) is 56.5. The molecule has 3 fully saturated rings. The fourth-order valence-corrected chi connectivity index (χ4v) is 7.53. The molecule has 12 nitrogen and oxygen atoms in total. The third-order valence-corrected chi connectivity index (χ3v) is 10.6. The van der Waals surface area contributed by atoms with Crippen LogP contribution in [0.3, 0.4) is 0 Å². The first-order valence-electron chi connectivity index (χ1n) is 18.2. The van der Waals surface area contributed by atoms with E-state index in [0.717, 1.165) is 11.1 Å². The predicted molar refractivity (Wildman–Crippen MR) is 202 cm³/mol. The first kappa shape index (κ1) is 37.1. The van der Waals surface area contributed by atoms with Crippen molar-refractivity contribution in [3.05, 3.63) is 99.0 Å². The van der Waals surface area contributed by atoms with E-state index in [2.05, 4.69) is 4.90 Å². The Labute approximate surface area is 319 Å². The lowest BCUT2D eigenvalue weighted by atomic mass is 9.93. The summed E-state index contributed by atoms with van der Waals surface area (Å²) in [5.74, 6) is 0.867. The van der Waals surface area contributed by atoms with Crippen LogP contribution < -0.4 is 4.74 Å². The number of ether oxygens (including phenoxy) is 3. The van der Waals surface area contributed by atoms with Crippen molar-refractivity contribution in [2.75, 3.05) is 91.9 Å². The lowest BCUT2D eigenvalue weighted by molar-refractivity contribution is -0.136. The molecule has 0 unspecified atom stereocenters. The molecule has 4 heterocycles. The van der Waals surface area contributed by atoms with Crippen LogP contribution in [-0.4, -0.2) is 140 Å². The van der Waals surface area contributed by atoms with Crippen LogP contribution in [-0.2, 0) is 14.3 Å². The Hall–Kier alpha value is -4.20. The van der Waals surface area contributed by atoms with Gasteiger partial charge in [-0.05, 0) is 60.5 Å². The number of hydrogen-bond acceptors (Lipinski definition) is 8. The van der Waals surface area contributed by atoms with E-state index in [4.69, 9.17) is 42.4 Å². The quantitative estimate of drug-likeness (QED) is 0.318. The molecule has 3 aromatic rings. The van der Waals surface area contributed by atoms with Crippen LogP contribution in [0.2, 0.25) is 10.0 Å². The van der Waals surface area contributed by atoms with E-state index >= 15 is 4.79 Å². The molecule has 0 radical (unpaired) electrons. The molecular weight excluding hydrogens is 719 g/mol. The summed E-state index contributed by atoms with van der Waals surface area (Å²) in [6.45, 7) is 8.73. The lowest BCUT2D eigenvalue weighted by Gasteiger charge is -2.39. The monoisotopic (exact) mass is 762 g/mol. The number of piperazine rings is 1. The van der Waals surface area contributed by atoms with Gasteiger partial charge in [0, 0.05) is 68.0 Å². The topological polar surface area (TPSA) is 107 Å². The van der Waals surface area contributed by atoms with E-state index < -0.39 is 12.1 Å². The summed E-state index contributed by atoms with van der Waals surface area (Å²) >= 11 is 12.7. The van der Waals surface area contributed by atoms with Crippen molar-refractivity contribution in [1.29, 1.82) is 0 Å². The molecule has 0 aromatic heterocycles. The second kappa shape index (κ2) is 16.9. The smallest absolute Gasteiger partial charge is 0.326 e. The summed E-state index contributed by atoms with van der Waals surface area (Å²) in [6, 6.07) is 19.0. The molecule has 0 saturated carbocycles. The molecule has 4 aliphatic rings. The number of carbonyl (C=O) groups excluding carboxylic acids is 3. The third kappa shape index (κ3) is 8.32. The van der Waals surface area contributed by atoms with Gasteiger partial charge in [-0.1, -0.05) is 47.5 Å². The van der Waals surface area contributed by atoms with Crippen LogP contribution in [0, 0.1) is 0 Å². The first-order chi connectivity index (χ1) is 25.8. The van der Waals surface area contributed by atoms with Crippen LogP contribution in [0.25, 0.3) is 0 Å². The number of halogens is 2. The fourth-order valence-electron chi connectivity index (χ4n) is 7.28. The van der Waals surface area contributed by atoms with Crippen LogP contribution in [0.15, 0.2) is 71.7 Å². The summed E-state index contributed by atoms with van der Waals surface area (Å²) < 4.78 is 17.1. The van der Waals surface area contributed by atoms with Crippen molar-refractivity contribution in [2.24, 2.45) is 4.99 Å². The second-order valence-corrected chi connectivity index (χ2v) is 14.3. The van der Waals surface area contributed by atoms with Crippen LogP contribution in [0.4, 0.5) is 4.79 Å². The van der Waals surface area contributed by atoms with Gasteiger partial charge in [0.15, 0.2) is 0 Å². The molecule has 280 valence electrons. The van der Waals surface area contributed by atoms with Crippen molar-refractivity contribution < 1.29 is 28.6 Å². The van der Waals surface area contributed by atoms with Crippen molar-refractivity contribution in [3.63, 3.8) is 0 Å². The van der Waals surface area contributed by atoms with Gasteiger partial charge in [-0.2, -0.15) is 0 Å². The minimum Gasteiger partial charge on any atom is -0.493 e. The molecule has 0 N–H and O–H groups in total. The lowest BCUT2D eigenvalue weighted by Crippen LogP contribution is -2.56. The Kier molecular flexibility index (Phi) is 11.8.